The molecule has 0 aliphatic carbocycles. The van der Waals surface area contributed by atoms with Crippen molar-refractivity contribution in [2.45, 2.75) is 25.9 Å². The van der Waals surface area contributed by atoms with Crippen LogP contribution in [0.25, 0.3) is 10.9 Å². The van der Waals surface area contributed by atoms with Gasteiger partial charge in [0.15, 0.2) is 0 Å². The van der Waals surface area contributed by atoms with Crippen LogP contribution in [0.3, 0.4) is 0 Å². The quantitative estimate of drug-likeness (QED) is 0.910. The van der Waals surface area contributed by atoms with Gasteiger partial charge in [0.2, 0.25) is 0 Å². The molecule has 0 bridgehead atoms. The summed E-state index contributed by atoms with van der Waals surface area (Å²) in [4.78, 5) is 10.9. The van der Waals surface area contributed by atoms with Crippen molar-refractivity contribution in [2.75, 3.05) is 13.7 Å². The van der Waals surface area contributed by atoms with E-state index in [1.54, 1.807) is 7.11 Å². The van der Waals surface area contributed by atoms with E-state index < -0.39 is 5.97 Å². The maximum atomic E-state index is 10.9. The smallest absolute Gasteiger partial charge is 0.303 e. The number of ether oxygens (including phenoxy) is 1. The number of methoxy groups -OCH3 is 1. The summed E-state index contributed by atoms with van der Waals surface area (Å²) in [5.74, 6) is -0.163. The van der Waals surface area contributed by atoms with Gasteiger partial charge in [0.25, 0.3) is 0 Å². The van der Waals surface area contributed by atoms with Crippen molar-refractivity contribution in [3.63, 3.8) is 0 Å². The second kappa shape index (κ2) is 5.58. The van der Waals surface area contributed by atoms with Gasteiger partial charge < -0.3 is 19.7 Å². The van der Waals surface area contributed by atoms with Crippen molar-refractivity contribution >= 4 is 28.5 Å². The Morgan fingerprint density at radius 1 is 1.52 bits per heavy atom. The van der Waals surface area contributed by atoms with Crippen molar-refractivity contribution in [3.05, 3.63) is 28.4 Å². The number of aromatic nitrogens is 1. The van der Waals surface area contributed by atoms with Crippen LogP contribution in [0.5, 0.6) is 5.75 Å². The largest absolute Gasteiger partial charge is 0.495 e. The van der Waals surface area contributed by atoms with Gasteiger partial charge in [0, 0.05) is 37.1 Å². The third-order valence-corrected chi connectivity index (χ3v) is 4.25. The molecule has 0 unspecified atom stereocenters. The molecule has 6 heteroatoms. The van der Waals surface area contributed by atoms with Crippen LogP contribution in [0.2, 0.25) is 5.02 Å². The van der Waals surface area contributed by atoms with Crippen LogP contribution in [0, 0.1) is 0 Å². The van der Waals surface area contributed by atoms with Crippen LogP contribution in [0.1, 0.15) is 17.7 Å². The lowest BCUT2D eigenvalue weighted by Gasteiger charge is -2.18. The lowest BCUT2D eigenvalue weighted by Crippen LogP contribution is -2.28. The topological polar surface area (TPSA) is 63.5 Å². The zero-order chi connectivity index (χ0) is 15.0. The fourth-order valence-corrected chi connectivity index (χ4v) is 3.23. The predicted molar refractivity (Wildman–Crippen MR) is 81.2 cm³/mol. The molecule has 21 heavy (non-hydrogen) atoms. The van der Waals surface area contributed by atoms with Crippen molar-refractivity contribution in [3.8, 4) is 5.75 Å². The number of hydrogen-bond donors (Lipinski definition) is 2. The number of fused-ring (bicyclic) bond motifs is 3. The van der Waals surface area contributed by atoms with Gasteiger partial charge >= 0.3 is 5.97 Å². The number of rotatable bonds is 4. The number of halogens is 1. The molecule has 2 heterocycles. The summed E-state index contributed by atoms with van der Waals surface area (Å²) >= 11 is 6.23. The number of benzene rings is 1. The minimum Gasteiger partial charge on any atom is -0.495 e. The summed E-state index contributed by atoms with van der Waals surface area (Å²) in [6, 6.07) is 3.83. The monoisotopic (exact) mass is 308 g/mol. The van der Waals surface area contributed by atoms with Gasteiger partial charge in [-0.15, -0.1) is 0 Å². The molecule has 2 N–H and O–H groups in total. The predicted octanol–water partition coefficient (Wildman–Crippen LogP) is 2.42. The molecule has 1 aliphatic heterocycles. The van der Waals surface area contributed by atoms with E-state index in [1.165, 1.54) is 0 Å². The first-order valence-electron chi connectivity index (χ1n) is 6.91. The first kappa shape index (κ1) is 14.2. The average Bonchev–Trinajstić information content (AvgIpc) is 2.77. The fourth-order valence-electron chi connectivity index (χ4n) is 2.99. The van der Waals surface area contributed by atoms with E-state index in [-0.39, 0.29) is 6.42 Å². The summed E-state index contributed by atoms with van der Waals surface area (Å²) in [5.41, 5.74) is 3.29. The third-order valence-electron chi connectivity index (χ3n) is 3.95. The molecule has 0 atom stereocenters. The van der Waals surface area contributed by atoms with Crippen molar-refractivity contribution in [1.82, 2.24) is 9.88 Å². The van der Waals surface area contributed by atoms with E-state index in [0.29, 0.717) is 17.2 Å². The highest BCUT2D eigenvalue weighted by Gasteiger charge is 2.21. The number of carbonyl (C=O) groups is 1. The number of carboxylic acids is 1. The highest BCUT2D eigenvalue weighted by atomic mass is 35.5. The summed E-state index contributed by atoms with van der Waals surface area (Å²) in [7, 11) is 1.58. The molecule has 112 valence electrons. The summed E-state index contributed by atoms with van der Waals surface area (Å²) in [6.45, 7) is 2.52. The van der Waals surface area contributed by atoms with Gasteiger partial charge in [-0.2, -0.15) is 0 Å². The number of aryl methyl sites for hydroxylation is 1. The number of hydrogen-bond acceptors (Lipinski definition) is 3. The Bertz CT molecular complexity index is 709. The highest BCUT2D eigenvalue weighted by molar-refractivity contribution is 6.32. The standard InChI is InChI=1S/C15H17ClN2O3/c1-21-14-6-10-9(2-3-15(19)20)13-8-17-4-5-18(13)12(10)7-11(14)16/h6-7,17H,2-5,8H2,1H3,(H,19,20). The number of aliphatic carboxylic acids is 1. The highest BCUT2D eigenvalue weighted by Crippen LogP contribution is 2.36. The summed E-state index contributed by atoms with van der Waals surface area (Å²) in [5, 5.41) is 13.9. The van der Waals surface area contributed by atoms with E-state index in [1.807, 2.05) is 12.1 Å². The van der Waals surface area contributed by atoms with Crippen molar-refractivity contribution in [2.24, 2.45) is 0 Å². The zero-order valence-electron chi connectivity index (χ0n) is 11.8. The first-order chi connectivity index (χ1) is 10.1. The molecule has 0 amide bonds. The van der Waals surface area contributed by atoms with E-state index in [4.69, 9.17) is 21.4 Å². The van der Waals surface area contributed by atoms with Gasteiger partial charge in [-0.1, -0.05) is 11.6 Å². The van der Waals surface area contributed by atoms with Crippen LogP contribution < -0.4 is 10.1 Å². The maximum Gasteiger partial charge on any atom is 0.303 e. The van der Waals surface area contributed by atoms with Crippen LogP contribution in [0.15, 0.2) is 12.1 Å². The molecule has 1 aromatic heterocycles. The molecular formula is C15H17ClN2O3. The Morgan fingerprint density at radius 2 is 2.33 bits per heavy atom. The molecular weight excluding hydrogens is 292 g/mol. The van der Waals surface area contributed by atoms with Gasteiger partial charge in [0.05, 0.1) is 17.6 Å². The maximum absolute atomic E-state index is 10.9. The molecule has 1 aliphatic rings. The molecule has 0 radical (unpaired) electrons. The minimum absolute atomic E-state index is 0.122. The molecule has 0 spiro atoms. The Kier molecular flexibility index (Phi) is 3.78. The van der Waals surface area contributed by atoms with E-state index >= 15 is 0 Å². The average molecular weight is 309 g/mol. The molecule has 3 rings (SSSR count). The Labute approximate surface area is 127 Å². The summed E-state index contributed by atoms with van der Waals surface area (Å²) in [6.07, 6.45) is 0.637. The van der Waals surface area contributed by atoms with Crippen LogP contribution in [-0.4, -0.2) is 29.3 Å². The second-order valence-electron chi connectivity index (χ2n) is 5.15. The molecule has 0 saturated heterocycles. The Hall–Kier alpha value is -1.72. The normalized spacial score (nSPS) is 14.2. The van der Waals surface area contributed by atoms with E-state index in [9.17, 15) is 4.79 Å². The Balaban J connectivity index is 2.19. The van der Waals surface area contributed by atoms with Crippen LogP contribution >= 0.6 is 11.6 Å². The Morgan fingerprint density at radius 3 is 3.05 bits per heavy atom. The van der Waals surface area contributed by atoms with E-state index in [2.05, 4.69) is 9.88 Å². The number of carboxylic acid groups (broad SMARTS) is 1. The lowest BCUT2D eigenvalue weighted by atomic mass is 10.0. The molecule has 5 nitrogen and oxygen atoms in total. The first-order valence-corrected chi connectivity index (χ1v) is 7.29. The van der Waals surface area contributed by atoms with E-state index in [0.717, 1.165) is 41.8 Å². The minimum atomic E-state index is -0.784. The van der Waals surface area contributed by atoms with Gasteiger partial charge in [-0.05, 0) is 24.1 Å². The number of nitrogens with one attached hydrogen (secondary N) is 1. The second-order valence-corrected chi connectivity index (χ2v) is 5.56. The van der Waals surface area contributed by atoms with Gasteiger partial charge in [-0.3, -0.25) is 4.79 Å². The van der Waals surface area contributed by atoms with Gasteiger partial charge in [-0.25, -0.2) is 0 Å². The lowest BCUT2D eigenvalue weighted by molar-refractivity contribution is -0.136. The van der Waals surface area contributed by atoms with Crippen LogP contribution in [-0.2, 0) is 24.3 Å². The molecule has 1 aromatic carbocycles. The molecule has 0 saturated carbocycles. The molecule has 2 aromatic rings. The van der Waals surface area contributed by atoms with Crippen LogP contribution in [0.4, 0.5) is 0 Å². The summed E-state index contributed by atoms with van der Waals surface area (Å²) < 4.78 is 7.52. The molecule has 0 fully saturated rings. The van der Waals surface area contributed by atoms with Gasteiger partial charge in [0.1, 0.15) is 5.75 Å². The SMILES string of the molecule is COc1cc2c(CCC(=O)O)c3n(c2cc1Cl)CCNC3. The van der Waals surface area contributed by atoms with Crippen molar-refractivity contribution < 1.29 is 14.6 Å². The van der Waals surface area contributed by atoms with Crippen molar-refractivity contribution in [1.29, 1.82) is 0 Å². The fraction of sp³-hybridized carbons (Fsp3) is 0.400. The zero-order valence-corrected chi connectivity index (χ0v) is 12.5. The third kappa shape index (κ3) is 2.47. The number of nitrogens with zero attached hydrogens (tertiary/aromatic N) is 1.